The second-order valence-corrected chi connectivity index (χ2v) is 5.71. The lowest BCUT2D eigenvalue weighted by molar-refractivity contribution is -0.137. The molecule has 2 aromatic rings. The van der Waals surface area contributed by atoms with Crippen molar-refractivity contribution in [1.29, 1.82) is 5.26 Å². The molecule has 1 amide bonds. The summed E-state index contributed by atoms with van der Waals surface area (Å²) in [6.45, 7) is 0. The van der Waals surface area contributed by atoms with Gasteiger partial charge in [-0.05, 0) is 59.0 Å². The van der Waals surface area contributed by atoms with Crippen LogP contribution in [0.4, 0.5) is 18.9 Å². The fourth-order valence-electron chi connectivity index (χ4n) is 1.78. The van der Waals surface area contributed by atoms with Crippen molar-refractivity contribution in [3.05, 3.63) is 62.7 Å². The molecule has 0 saturated heterocycles. The number of halogens is 4. The summed E-state index contributed by atoms with van der Waals surface area (Å²) in [6.07, 6.45) is -4.65. The van der Waals surface area contributed by atoms with Crippen molar-refractivity contribution in [2.75, 3.05) is 5.43 Å². The van der Waals surface area contributed by atoms with Crippen LogP contribution >= 0.6 is 22.6 Å². The summed E-state index contributed by atoms with van der Waals surface area (Å²) in [5, 5.41) is 8.70. The van der Waals surface area contributed by atoms with E-state index in [9.17, 15) is 18.0 Å². The molecule has 2 N–H and O–H groups in total. The molecule has 0 aliphatic carbocycles. The number of anilines is 1. The van der Waals surface area contributed by atoms with E-state index in [1.807, 2.05) is 22.6 Å². The van der Waals surface area contributed by atoms with Gasteiger partial charge in [-0.25, -0.2) is 0 Å². The van der Waals surface area contributed by atoms with Crippen molar-refractivity contribution in [2.45, 2.75) is 6.18 Å². The van der Waals surface area contributed by atoms with Crippen LogP contribution < -0.4 is 10.9 Å². The first kappa shape index (κ1) is 17.1. The van der Waals surface area contributed by atoms with Gasteiger partial charge in [0.25, 0.3) is 5.91 Å². The molecule has 0 saturated carbocycles. The third kappa shape index (κ3) is 4.35. The van der Waals surface area contributed by atoms with Crippen LogP contribution in [0, 0.1) is 14.9 Å². The highest BCUT2D eigenvalue weighted by atomic mass is 127. The van der Waals surface area contributed by atoms with E-state index >= 15 is 0 Å². The number of hydrogen-bond donors (Lipinski definition) is 2. The molecule has 118 valence electrons. The highest BCUT2D eigenvalue weighted by Gasteiger charge is 2.34. The maximum atomic E-state index is 13.0. The van der Waals surface area contributed by atoms with Crippen LogP contribution in [0.1, 0.15) is 21.5 Å². The van der Waals surface area contributed by atoms with Gasteiger partial charge in [0, 0.05) is 9.13 Å². The van der Waals surface area contributed by atoms with Crippen LogP contribution in [-0.4, -0.2) is 5.91 Å². The predicted molar refractivity (Wildman–Crippen MR) is 86.4 cm³/mol. The van der Waals surface area contributed by atoms with Crippen LogP contribution in [0.2, 0.25) is 0 Å². The summed E-state index contributed by atoms with van der Waals surface area (Å²) in [4.78, 5) is 11.9. The second-order valence-electron chi connectivity index (χ2n) is 4.46. The predicted octanol–water partition coefficient (Wildman–Crippen LogP) is 3.94. The molecule has 0 aromatic heterocycles. The van der Waals surface area contributed by atoms with E-state index in [2.05, 4.69) is 10.9 Å². The van der Waals surface area contributed by atoms with Gasteiger partial charge in [-0.2, -0.15) is 18.4 Å². The zero-order chi connectivity index (χ0) is 17.0. The van der Waals surface area contributed by atoms with E-state index in [0.717, 1.165) is 15.7 Å². The van der Waals surface area contributed by atoms with Crippen LogP contribution in [0.15, 0.2) is 42.5 Å². The maximum absolute atomic E-state index is 13.0. The molecule has 0 unspecified atom stereocenters. The molecule has 8 heteroatoms. The summed E-state index contributed by atoms with van der Waals surface area (Å²) in [5.74, 6) is -0.569. The second kappa shape index (κ2) is 6.87. The first-order valence-corrected chi connectivity index (χ1v) is 7.32. The lowest BCUT2D eigenvalue weighted by Gasteiger charge is -2.15. The molecular weight excluding hydrogens is 422 g/mol. The molecular formula is C15H9F3IN3O. The summed E-state index contributed by atoms with van der Waals surface area (Å²) in [6, 6.07) is 11.3. The van der Waals surface area contributed by atoms with Crippen molar-refractivity contribution >= 4 is 34.2 Å². The number of nitrogens with one attached hydrogen (secondary N) is 2. The number of carbonyl (C=O) groups excluding carboxylic acids is 1. The zero-order valence-corrected chi connectivity index (χ0v) is 13.6. The van der Waals surface area contributed by atoms with E-state index < -0.39 is 17.6 Å². The van der Waals surface area contributed by atoms with Gasteiger partial charge in [0.05, 0.1) is 22.9 Å². The number of benzene rings is 2. The van der Waals surface area contributed by atoms with Gasteiger partial charge in [-0.1, -0.05) is 6.07 Å². The Morgan fingerprint density at radius 3 is 2.52 bits per heavy atom. The smallest absolute Gasteiger partial charge is 0.298 e. The van der Waals surface area contributed by atoms with Crippen LogP contribution in [0.25, 0.3) is 0 Å². The monoisotopic (exact) mass is 431 g/mol. The van der Waals surface area contributed by atoms with Crippen molar-refractivity contribution in [1.82, 2.24) is 5.43 Å². The molecule has 0 bridgehead atoms. The third-order valence-corrected chi connectivity index (χ3v) is 3.52. The fourth-order valence-corrected chi connectivity index (χ4v) is 2.33. The normalized spacial score (nSPS) is 10.7. The van der Waals surface area contributed by atoms with Gasteiger partial charge in [0.1, 0.15) is 0 Å². The molecule has 0 atom stereocenters. The van der Waals surface area contributed by atoms with Crippen molar-refractivity contribution < 1.29 is 18.0 Å². The molecule has 4 nitrogen and oxygen atoms in total. The Bertz CT molecular complexity index is 784. The van der Waals surface area contributed by atoms with Gasteiger partial charge in [-0.3, -0.25) is 15.6 Å². The largest absolute Gasteiger partial charge is 0.418 e. The number of nitrogens with zero attached hydrogens (tertiary/aromatic N) is 1. The van der Waals surface area contributed by atoms with E-state index in [0.29, 0.717) is 5.56 Å². The Morgan fingerprint density at radius 2 is 1.91 bits per heavy atom. The van der Waals surface area contributed by atoms with Gasteiger partial charge in [-0.15, -0.1) is 0 Å². The average Bonchev–Trinajstić information content (AvgIpc) is 2.51. The Hall–Kier alpha value is -2.28. The molecule has 0 heterocycles. The number of rotatable bonds is 3. The number of carbonyl (C=O) groups is 1. The molecule has 2 rings (SSSR count). The molecule has 2 aromatic carbocycles. The molecule has 0 spiro atoms. The highest BCUT2D eigenvalue weighted by molar-refractivity contribution is 14.1. The van der Waals surface area contributed by atoms with E-state index in [1.54, 1.807) is 30.3 Å². The first-order valence-electron chi connectivity index (χ1n) is 6.24. The number of hydrazine groups is 1. The molecule has 23 heavy (non-hydrogen) atoms. The Morgan fingerprint density at radius 1 is 1.17 bits per heavy atom. The number of nitriles is 1. The van der Waals surface area contributed by atoms with E-state index in [4.69, 9.17) is 5.26 Å². The van der Waals surface area contributed by atoms with Crippen LogP contribution in [0.3, 0.4) is 0 Å². The Balaban J connectivity index is 2.21. The SMILES string of the molecule is N#Cc1ccc(NNC(=O)c2cccc(I)c2)c(C(F)(F)F)c1. The van der Waals surface area contributed by atoms with Crippen molar-refractivity contribution in [3.8, 4) is 6.07 Å². The number of amides is 1. The van der Waals surface area contributed by atoms with Crippen LogP contribution in [0.5, 0.6) is 0 Å². The Kier molecular flexibility index (Phi) is 5.10. The Labute approximate surface area is 143 Å². The fraction of sp³-hybridized carbons (Fsp3) is 0.0667. The lowest BCUT2D eigenvalue weighted by atomic mass is 10.1. The van der Waals surface area contributed by atoms with Gasteiger partial charge < -0.3 is 0 Å². The molecule has 0 radical (unpaired) electrons. The van der Waals surface area contributed by atoms with Crippen molar-refractivity contribution in [2.24, 2.45) is 0 Å². The summed E-state index contributed by atoms with van der Waals surface area (Å²) in [7, 11) is 0. The first-order chi connectivity index (χ1) is 10.8. The zero-order valence-electron chi connectivity index (χ0n) is 11.4. The van der Waals surface area contributed by atoms with Gasteiger partial charge >= 0.3 is 6.18 Å². The standard InChI is InChI=1S/C15H9F3IN3O/c16-15(17,18)12-6-9(8-20)4-5-13(12)21-22-14(23)10-2-1-3-11(19)7-10/h1-7,21H,(H,22,23). The highest BCUT2D eigenvalue weighted by Crippen LogP contribution is 2.35. The molecule has 0 aliphatic rings. The minimum absolute atomic E-state index is 0.119. The summed E-state index contributed by atoms with van der Waals surface area (Å²) in [5.41, 5.74) is 3.30. The number of hydrogen-bond acceptors (Lipinski definition) is 3. The minimum Gasteiger partial charge on any atom is -0.298 e. The van der Waals surface area contributed by atoms with E-state index in [-0.39, 0.29) is 11.3 Å². The average molecular weight is 431 g/mol. The number of alkyl halides is 3. The molecule has 0 aliphatic heterocycles. The topological polar surface area (TPSA) is 64.9 Å². The lowest BCUT2D eigenvalue weighted by Crippen LogP contribution is -2.30. The van der Waals surface area contributed by atoms with Gasteiger partial charge in [0.15, 0.2) is 0 Å². The summed E-state index contributed by atoms with van der Waals surface area (Å²) >= 11 is 2.02. The maximum Gasteiger partial charge on any atom is 0.418 e. The van der Waals surface area contributed by atoms with Crippen molar-refractivity contribution in [3.63, 3.8) is 0 Å². The van der Waals surface area contributed by atoms with Gasteiger partial charge in [0.2, 0.25) is 0 Å². The minimum atomic E-state index is -4.65. The quantitative estimate of drug-likeness (QED) is 0.572. The van der Waals surface area contributed by atoms with E-state index in [1.165, 1.54) is 6.07 Å². The summed E-state index contributed by atoms with van der Waals surface area (Å²) < 4.78 is 39.8. The molecule has 0 fully saturated rings. The van der Waals surface area contributed by atoms with Crippen LogP contribution in [-0.2, 0) is 6.18 Å². The third-order valence-electron chi connectivity index (χ3n) is 2.85.